The highest BCUT2D eigenvalue weighted by atomic mass is 16.5. The molecule has 1 aromatic rings. The zero-order chi connectivity index (χ0) is 17.8. The molecule has 1 aliphatic carbocycles. The Morgan fingerprint density at radius 2 is 1.80 bits per heavy atom. The minimum absolute atomic E-state index is 0.182. The first-order chi connectivity index (χ1) is 12.1. The molecule has 0 atom stereocenters. The van der Waals surface area contributed by atoms with Crippen molar-refractivity contribution in [2.24, 2.45) is 5.92 Å². The van der Waals surface area contributed by atoms with Gasteiger partial charge in [-0.3, -0.25) is 14.5 Å². The first-order valence-electron chi connectivity index (χ1n) is 8.57. The van der Waals surface area contributed by atoms with Gasteiger partial charge in [0.25, 0.3) is 0 Å². The normalized spacial score (nSPS) is 17.9. The second-order valence-electron chi connectivity index (χ2n) is 6.46. The molecule has 1 aromatic carbocycles. The van der Waals surface area contributed by atoms with Crippen LogP contribution in [0.2, 0.25) is 0 Å². The van der Waals surface area contributed by atoms with Crippen LogP contribution in [0, 0.1) is 5.92 Å². The van der Waals surface area contributed by atoms with Gasteiger partial charge < -0.3 is 15.0 Å². The Morgan fingerprint density at radius 3 is 2.44 bits per heavy atom. The summed E-state index contributed by atoms with van der Waals surface area (Å²) in [6.45, 7) is 2.94. The Balaban J connectivity index is 1.50. The molecule has 0 bridgehead atoms. The molecule has 1 heterocycles. The summed E-state index contributed by atoms with van der Waals surface area (Å²) in [6.07, 6.45) is 2.03. The van der Waals surface area contributed by atoms with Crippen molar-refractivity contribution in [1.82, 2.24) is 9.80 Å². The first kappa shape index (κ1) is 17.4. The average Bonchev–Trinajstić information content (AvgIpc) is 3.46. The van der Waals surface area contributed by atoms with Gasteiger partial charge in [0.1, 0.15) is 0 Å². The van der Waals surface area contributed by atoms with E-state index in [0.717, 1.165) is 12.8 Å². The summed E-state index contributed by atoms with van der Waals surface area (Å²) in [4.78, 5) is 40.0. The van der Waals surface area contributed by atoms with Gasteiger partial charge in [-0.2, -0.15) is 0 Å². The van der Waals surface area contributed by atoms with Gasteiger partial charge in [-0.1, -0.05) is 12.1 Å². The Morgan fingerprint density at radius 1 is 1.12 bits per heavy atom. The number of ether oxygens (including phenoxy) is 1. The molecule has 2 fully saturated rings. The maximum atomic E-state index is 12.3. The van der Waals surface area contributed by atoms with E-state index in [0.29, 0.717) is 37.4 Å². The van der Waals surface area contributed by atoms with E-state index in [9.17, 15) is 14.4 Å². The van der Waals surface area contributed by atoms with E-state index < -0.39 is 5.97 Å². The third kappa shape index (κ3) is 4.36. The molecule has 2 amide bonds. The van der Waals surface area contributed by atoms with E-state index in [4.69, 9.17) is 4.74 Å². The molecule has 0 unspecified atom stereocenters. The highest BCUT2D eigenvalue weighted by Gasteiger charge is 2.34. The fourth-order valence-corrected chi connectivity index (χ4v) is 2.99. The van der Waals surface area contributed by atoms with Gasteiger partial charge in [-0.05, 0) is 25.0 Å². The standard InChI is InChI=1S/C18H23N3O4/c1-25-18(24)14-4-2-3-5-15(14)19-16(22)12-20-8-10-21(11-9-20)17(23)13-6-7-13/h2-5,13H,6-12H2,1H3,(H,19,22). The van der Waals surface area contributed by atoms with E-state index >= 15 is 0 Å². The molecule has 134 valence electrons. The molecule has 2 aliphatic rings. The minimum atomic E-state index is -0.483. The van der Waals surface area contributed by atoms with Crippen molar-refractivity contribution < 1.29 is 19.1 Å². The number of hydrogen-bond acceptors (Lipinski definition) is 5. The number of para-hydroxylation sites is 1. The summed E-state index contributed by atoms with van der Waals surface area (Å²) < 4.78 is 4.73. The number of nitrogens with one attached hydrogen (secondary N) is 1. The predicted octanol–water partition coefficient (Wildman–Crippen LogP) is 0.966. The number of amides is 2. The number of carbonyl (C=O) groups excluding carboxylic acids is 3. The van der Waals surface area contributed by atoms with E-state index in [1.54, 1.807) is 24.3 Å². The molecule has 1 saturated carbocycles. The molecule has 1 N–H and O–H groups in total. The van der Waals surface area contributed by atoms with Crippen molar-refractivity contribution in [3.63, 3.8) is 0 Å². The lowest BCUT2D eigenvalue weighted by molar-refractivity contribution is -0.134. The van der Waals surface area contributed by atoms with Crippen molar-refractivity contribution >= 4 is 23.5 Å². The number of carbonyl (C=O) groups is 3. The third-order valence-corrected chi connectivity index (χ3v) is 4.58. The fourth-order valence-electron chi connectivity index (χ4n) is 2.99. The van der Waals surface area contributed by atoms with Crippen LogP contribution in [0.4, 0.5) is 5.69 Å². The van der Waals surface area contributed by atoms with Crippen molar-refractivity contribution in [2.75, 3.05) is 45.2 Å². The van der Waals surface area contributed by atoms with Crippen LogP contribution in [0.1, 0.15) is 23.2 Å². The molecule has 25 heavy (non-hydrogen) atoms. The molecule has 0 radical (unpaired) electrons. The second-order valence-corrected chi connectivity index (χ2v) is 6.46. The summed E-state index contributed by atoms with van der Waals surface area (Å²) >= 11 is 0. The largest absolute Gasteiger partial charge is 0.465 e. The summed E-state index contributed by atoms with van der Waals surface area (Å²) in [5.74, 6) is -0.165. The summed E-state index contributed by atoms with van der Waals surface area (Å²) in [5.41, 5.74) is 0.778. The van der Waals surface area contributed by atoms with Gasteiger partial charge in [0.05, 0.1) is 24.9 Å². The second kappa shape index (κ2) is 7.65. The number of nitrogens with zero attached hydrogens (tertiary/aromatic N) is 2. The topological polar surface area (TPSA) is 79.0 Å². The molecule has 1 aliphatic heterocycles. The van der Waals surface area contributed by atoms with Crippen molar-refractivity contribution in [3.05, 3.63) is 29.8 Å². The molecule has 7 heteroatoms. The maximum Gasteiger partial charge on any atom is 0.339 e. The molecular weight excluding hydrogens is 322 g/mol. The van der Waals surface area contributed by atoms with Crippen LogP contribution in [0.15, 0.2) is 24.3 Å². The van der Waals surface area contributed by atoms with Crippen LogP contribution in [0.3, 0.4) is 0 Å². The van der Waals surface area contributed by atoms with Crippen LogP contribution in [0.25, 0.3) is 0 Å². The van der Waals surface area contributed by atoms with Crippen LogP contribution in [-0.2, 0) is 14.3 Å². The monoisotopic (exact) mass is 345 g/mol. The van der Waals surface area contributed by atoms with Crippen LogP contribution >= 0.6 is 0 Å². The van der Waals surface area contributed by atoms with Crippen LogP contribution in [0.5, 0.6) is 0 Å². The van der Waals surface area contributed by atoms with Gasteiger partial charge in [-0.15, -0.1) is 0 Å². The van der Waals surface area contributed by atoms with Gasteiger partial charge in [-0.25, -0.2) is 4.79 Å². The highest BCUT2D eigenvalue weighted by molar-refractivity contribution is 6.01. The highest BCUT2D eigenvalue weighted by Crippen LogP contribution is 2.31. The summed E-state index contributed by atoms with van der Waals surface area (Å²) in [7, 11) is 1.31. The SMILES string of the molecule is COC(=O)c1ccccc1NC(=O)CN1CCN(C(=O)C2CC2)CC1. The predicted molar refractivity (Wildman–Crippen MR) is 92.2 cm³/mol. The van der Waals surface area contributed by atoms with E-state index in [-0.39, 0.29) is 24.3 Å². The zero-order valence-corrected chi connectivity index (χ0v) is 14.4. The number of rotatable bonds is 5. The number of methoxy groups -OCH3 is 1. The van der Waals surface area contributed by atoms with Crippen LogP contribution in [-0.4, -0.2) is 67.4 Å². The number of anilines is 1. The Bertz CT molecular complexity index is 664. The minimum Gasteiger partial charge on any atom is -0.465 e. The third-order valence-electron chi connectivity index (χ3n) is 4.58. The van der Waals surface area contributed by atoms with E-state index in [1.165, 1.54) is 7.11 Å². The van der Waals surface area contributed by atoms with Crippen LogP contribution < -0.4 is 5.32 Å². The molecule has 3 rings (SSSR count). The zero-order valence-electron chi connectivity index (χ0n) is 14.4. The Kier molecular flexibility index (Phi) is 5.33. The van der Waals surface area contributed by atoms with E-state index in [2.05, 4.69) is 5.32 Å². The average molecular weight is 345 g/mol. The molecule has 0 spiro atoms. The number of benzene rings is 1. The molecule has 0 aromatic heterocycles. The van der Waals surface area contributed by atoms with Gasteiger partial charge in [0.15, 0.2) is 0 Å². The Labute approximate surface area is 146 Å². The van der Waals surface area contributed by atoms with Gasteiger partial charge >= 0.3 is 5.97 Å². The quantitative estimate of drug-likeness (QED) is 0.805. The lowest BCUT2D eigenvalue weighted by atomic mass is 10.2. The molecular formula is C18H23N3O4. The molecule has 7 nitrogen and oxygen atoms in total. The smallest absolute Gasteiger partial charge is 0.339 e. The van der Waals surface area contributed by atoms with Crippen molar-refractivity contribution in [3.8, 4) is 0 Å². The molecule has 1 saturated heterocycles. The maximum absolute atomic E-state index is 12.3. The lowest BCUT2D eigenvalue weighted by Gasteiger charge is -2.34. The van der Waals surface area contributed by atoms with Gasteiger partial charge in [0.2, 0.25) is 11.8 Å². The summed E-state index contributed by atoms with van der Waals surface area (Å²) in [6, 6.07) is 6.77. The van der Waals surface area contributed by atoms with Crippen molar-refractivity contribution in [2.45, 2.75) is 12.8 Å². The summed E-state index contributed by atoms with van der Waals surface area (Å²) in [5, 5.41) is 2.77. The van der Waals surface area contributed by atoms with E-state index in [1.807, 2.05) is 9.80 Å². The lowest BCUT2D eigenvalue weighted by Crippen LogP contribution is -2.50. The number of piperazine rings is 1. The fraction of sp³-hybridized carbons (Fsp3) is 0.500. The first-order valence-corrected chi connectivity index (χ1v) is 8.57. The number of esters is 1. The van der Waals surface area contributed by atoms with Gasteiger partial charge in [0, 0.05) is 32.1 Å². The number of hydrogen-bond donors (Lipinski definition) is 1. The van der Waals surface area contributed by atoms with Crippen molar-refractivity contribution in [1.29, 1.82) is 0 Å². The Hall–Kier alpha value is -2.41.